The first kappa shape index (κ1) is 11.1. The quantitative estimate of drug-likeness (QED) is 0.427. The highest BCUT2D eigenvalue weighted by Gasteiger charge is 2.43. The number of Topliss-reactive ketones (excluding diaryl/α,β-unsaturated/α-hetero) is 1. The van der Waals surface area contributed by atoms with Crippen molar-refractivity contribution in [3.8, 4) is 24.3 Å². The molecule has 0 aromatic carbocycles. The molecule has 1 aliphatic carbocycles. The standard InChI is InChI=1S/C10H2N4O2/c11-1-5(2-12)7-9(15)8(10(7)16)6(3-13)4-14/h9,15H. The molecule has 0 atom stereocenters. The van der Waals surface area contributed by atoms with Gasteiger partial charge in [-0.25, -0.2) is 0 Å². The molecule has 0 spiro atoms. The molecule has 0 amide bonds. The number of carbonyl (C=O) groups is 1. The zero-order valence-corrected chi connectivity index (χ0v) is 7.72. The van der Waals surface area contributed by atoms with Crippen molar-refractivity contribution in [2.24, 2.45) is 0 Å². The van der Waals surface area contributed by atoms with Gasteiger partial charge in [0, 0.05) is 0 Å². The number of rotatable bonds is 0. The Balaban J connectivity index is 3.37. The molecule has 1 rings (SSSR count). The fraction of sp³-hybridized carbons (Fsp3) is 0.100. The molecule has 0 radical (unpaired) electrons. The normalized spacial score (nSPS) is 13.9. The maximum absolute atomic E-state index is 11.4. The number of nitrogens with zero attached hydrogens (tertiary/aromatic N) is 4. The van der Waals surface area contributed by atoms with Gasteiger partial charge in [0.25, 0.3) is 0 Å². The summed E-state index contributed by atoms with van der Waals surface area (Å²) in [6.45, 7) is 0. The molecule has 6 nitrogen and oxygen atoms in total. The fourth-order valence-electron chi connectivity index (χ4n) is 1.25. The summed E-state index contributed by atoms with van der Waals surface area (Å²) >= 11 is 0. The fourth-order valence-corrected chi connectivity index (χ4v) is 1.25. The van der Waals surface area contributed by atoms with E-state index in [1.54, 1.807) is 0 Å². The zero-order chi connectivity index (χ0) is 12.3. The summed E-state index contributed by atoms with van der Waals surface area (Å²) in [5, 5.41) is 43.4. The van der Waals surface area contributed by atoms with Gasteiger partial charge < -0.3 is 5.11 Å². The lowest BCUT2D eigenvalue weighted by Crippen LogP contribution is -2.38. The van der Waals surface area contributed by atoms with Gasteiger partial charge in [0.05, 0.1) is 11.1 Å². The zero-order valence-electron chi connectivity index (χ0n) is 7.72. The maximum atomic E-state index is 11.4. The molecule has 0 aromatic heterocycles. The van der Waals surface area contributed by atoms with Crippen molar-refractivity contribution < 1.29 is 9.90 Å². The van der Waals surface area contributed by atoms with Crippen LogP contribution >= 0.6 is 0 Å². The molecule has 0 heterocycles. The van der Waals surface area contributed by atoms with E-state index in [-0.39, 0.29) is 11.1 Å². The average Bonchev–Trinajstić information content (AvgIpc) is 2.32. The van der Waals surface area contributed by atoms with Crippen LogP contribution in [0.2, 0.25) is 0 Å². The number of hydrogen-bond acceptors (Lipinski definition) is 6. The molecule has 1 aliphatic rings. The number of aliphatic hydroxyl groups excluding tert-OH is 1. The third-order valence-corrected chi connectivity index (χ3v) is 2.02. The minimum Gasteiger partial charge on any atom is -0.383 e. The van der Waals surface area contributed by atoms with Crippen LogP contribution < -0.4 is 0 Å². The molecule has 1 N–H and O–H groups in total. The van der Waals surface area contributed by atoms with Crippen LogP contribution in [0.15, 0.2) is 22.3 Å². The van der Waals surface area contributed by atoms with E-state index in [0.717, 1.165) is 0 Å². The van der Waals surface area contributed by atoms with Crippen molar-refractivity contribution in [1.82, 2.24) is 0 Å². The monoisotopic (exact) mass is 210 g/mol. The van der Waals surface area contributed by atoms with Crippen LogP contribution in [0.3, 0.4) is 0 Å². The molecule has 0 aliphatic heterocycles. The van der Waals surface area contributed by atoms with Gasteiger partial charge in [0.15, 0.2) is 5.78 Å². The lowest BCUT2D eigenvalue weighted by molar-refractivity contribution is -0.117. The molecule has 0 aromatic rings. The first-order valence-corrected chi connectivity index (χ1v) is 3.93. The summed E-state index contributed by atoms with van der Waals surface area (Å²) in [5.41, 5.74) is -1.72. The van der Waals surface area contributed by atoms with Crippen molar-refractivity contribution in [3.05, 3.63) is 22.3 Å². The molecule has 74 valence electrons. The second kappa shape index (κ2) is 4.07. The van der Waals surface area contributed by atoms with Crippen LogP contribution in [-0.2, 0) is 4.79 Å². The Hall–Kier alpha value is -2.93. The van der Waals surface area contributed by atoms with Crippen LogP contribution in [0.25, 0.3) is 0 Å². The summed E-state index contributed by atoms with van der Waals surface area (Å²) in [6.07, 6.45) is -1.50. The van der Waals surface area contributed by atoms with E-state index in [1.165, 1.54) is 24.3 Å². The Bertz CT molecular complexity index is 515. The van der Waals surface area contributed by atoms with Gasteiger partial charge in [-0.2, -0.15) is 21.0 Å². The molecular formula is C10H2N4O2. The van der Waals surface area contributed by atoms with Crippen molar-refractivity contribution in [2.45, 2.75) is 6.10 Å². The van der Waals surface area contributed by atoms with Crippen LogP contribution in [0.5, 0.6) is 0 Å². The molecule has 6 heteroatoms. The second-order valence-corrected chi connectivity index (χ2v) is 2.76. The number of allylic oxidation sites excluding steroid dienone is 2. The van der Waals surface area contributed by atoms with Crippen molar-refractivity contribution in [3.63, 3.8) is 0 Å². The van der Waals surface area contributed by atoms with Gasteiger partial charge in [0.1, 0.15) is 41.5 Å². The average molecular weight is 210 g/mol. The second-order valence-electron chi connectivity index (χ2n) is 2.76. The van der Waals surface area contributed by atoms with Crippen LogP contribution in [0.1, 0.15) is 0 Å². The van der Waals surface area contributed by atoms with Crippen LogP contribution in [0.4, 0.5) is 0 Å². The van der Waals surface area contributed by atoms with E-state index < -0.39 is 23.0 Å². The Kier molecular flexibility index (Phi) is 2.83. The highest BCUT2D eigenvalue weighted by atomic mass is 16.3. The Labute approximate surface area is 90.2 Å². The topological polar surface area (TPSA) is 132 Å². The number of ketones is 1. The molecule has 0 bridgehead atoms. The SMILES string of the molecule is N#CC(C#N)=C1C(=O)C(=C(C#N)C#N)C1O. The minimum atomic E-state index is -1.50. The molecule has 0 unspecified atom stereocenters. The third-order valence-electron chi connectivity index (χ3n) is 2.02. The van der Waals surface area contributed by atoms with Gasteiger partial charge in [0.2, 0.25) is 0 Å². The summed E-state index contributed by atoms with van der Waals surface area (Å²) < 4.78 is 0. The number of aliphatic hydroxyl groups is 1. The van der Waals surface area contributed by atoms with E-state index in [2.05, 4.69) is 0 Å². The number of carbonyl (C=O) groups excluding carboxylic acids is 1. The lowest BCUT2D eigenvalue weighted by Gasteiger charge is -2.26. The first-order chi connectivity index (χ1) is 7.62. The molecule has 0 saturated heterocycles. The Morgan fingerprint density at radius 3 is 1.44 bits per heavy atom. The van der Waals surface area contributed by atoms with E-state index in [4.69, 9.17) is 21.0 Å². The predicted molar refractivity (Wildman–Crippen MR) is 47.5 cm³/mol. The third kappa shape index (κ3) is 1.33. The highest BCUT2D eigenvalue weighted by Crippen LogP contribution is 2.33. The van der Waals surface area contributed by atoms with Gasteiger partial charge in [-0.15, -0.1) is 0 Å². The van der Waals surface area contributed by atoms with Gasteiger partial charge in [-0.05, 0) is 0 Å². The number of hydrogen-bond donors (Lipinski definition) is 1. The van der Waals surface area contributed by atoms with Crippen molar-refractivity contribution >= 4 is 5.78 Å². The predicted octanol–water partition coefficient (Wildman–Crippen LogP) is -0.382. The van der Waals surface area contributed by atoms with Crippen molar-refractivity contribution in [2.75, 3.05) is 0 Å². The summed E-state index contributed by atoms with van der Waals surface area (Å²) in [6, 6.07) is 5.84. The van der Waals surface area contributed by atoms with E-state index in [1.807, 2.05) is 0 Å². The number of nitriles is 4. The van der Waals surface area contributed by atoms with Crippen LogP contribution in [0, 0.1) is 45.3 Å². The van der Waals surface area contributed by atoms with Gasteiger partial charge in [-0.3, -0.25) is 4.79 Å². The van der Waals surface area contributed by atoms with E-state index in [9.17, 15) is 9.90 Å². The van der Waals surface area contributed by atoms with E-state index in [0.29, 0.717) is 0 Å². The first-order valence-electron chi connectivity index (χ1n) is 3.93. The van der Waals surface area contributed by atoms with Gasteiger partial charge >= 0.3 is 0 Å². The lowest BCUT2D eigenvalue weighted by atomic mass is 9.76. The minimum absolute atomic E-state index is 0.358. The smallest absolute Gasteiger partial charge is 0.195 e. The maximum Gasteiger partial charge on any atom is 0.195 e. The highest BCUT2D eigenvalue weighted by molar-refractivity contribution is 6.20. The van der Waals surface area contributed by atoms with E-state index >= 15 is 0 Å². The van der Waals surface area contributed by atoms with Crippen molar-refractivity contribution in [1.29, 1.82) is 21.0 Å². The molecule has 1 saturated carbocycles. The van der Waals surface area contributed by atoms with Gasteiger partial charge in [-0.1, -0.05) is 0 Å². The molecular weight excluding hydrogens is 208 g/mol. The summed E-state index contributed by atoms with van der Waals surface area (Å²) in [4.78, 5) is 11.4. The Morgan fingerprint density at radius 2 is 1.25 bits per heavy atom. The Morgan fingerprint density at radius 1 is 0.938 bits per heavy atom. The molecule has 16 heavy (non-hydrogen) atoms. The molecule has 1 fully saturated rings. The summed E-state index contributed by atoms with van der Waals surface area (Å²) in [7, 11) is 0. The largest absolute Gasteiger partial charge is 0.383 e. The summed E-state index contributed by atoms with van der Waals surface area (Å²) in [5.74, 6) is -0.802. The van der Waals surface area contributed by atoms with Crippen LogP contribution in [-0.4, -0.2) is 17.0 Å².